The zero-order valence-electron chi connectivity index (χ0n) is 9.64. The van der Waals surface area contributed by atoms with Gasteiger partial charge in [0.05, 0.1) is 0 Å². The minimum absolute atomic E-state index is 0.205. The number of hydrogen-bond acceptors (Lipinski definition) is 2. The van der Waals surface area contributed by atoms with Crippen LogP contribution in [-0.2, 0) is 9.53 Å². The molecule has 0 aromatic rings. The van der Waals surface area contributed by atoms with Crippen molar-refractivity contribution in [1.29, 1.82) is 0 Å². The number of ether oxygens (including phenoxy) is 1. The van der Waals surface area contributed by atoms with Gasteiger partial charge in [0.15, 0.2) is 0 Å². The van der Waals surface area contributed by atoms with Crippen LogP contribution in [0.4, 0.5) is 0 Å². The zero-order valence-corrected chi connectivity index (χ0v) is 9.64. The molecular formula is C12H22O2. The molecule has 82 valence electrons. The molecule has 0 rings (SSSR count). The van der Waals surface area contributed by atoms with Crippen molar-refractivity contribution in [2.45, 2.75) is 59.3 Å². The fourth-order valence-corrected chi connectivity index (χ4v) is 1.20. The lowest BCUT2D eigenvalue weighted by atomic mass is 10.2. The van der Waals surface area contributed by atoms with E-state index in [0.717, 1.165) is 37.9 Å². The summed E-state index contributed by atoms with van der Waals surface area (Å²) in [6.45, 7) is 5.75. The van der Waals surface area contributed by atoms with Gasteiger partial charge in [-0.25, -0.2) is 0 Å². The number of carbonyl (C=O) groups is 1. The van der Waals surface area contributed by atoms with E-state index in [2.05, 4.69) is 19.9 Å². The monoisotopic (exact) mass is 198 g/mol. The molecule has 0 fully saturated rings. The highest BCUT2D eigenvalue weighted by Crippen LogP contribution is 2.11. The predicted molar refractivity (Wildman–Crippen MR) is 58.9 cm³/mol. The van der Waals surface area contributed by atoms with E-state index in [4.69, 9.17) is 4.74 Å². The van der Waals surface area contributed by atoms with Crippen LogP contribution in [0.15, 0.2) is 11.8 Å². The second-order valence-electron chi connectivity index (χ2n) is 3.51. The molecule has 0 aromatic carbocycles. The van der Waals surface area contributed by atoms with Crippen LogP contribution in [0.3, 0.4) is 0 Å². The Morgan fingerprint density at radius 2 is 1.86 bits per heavy atom. The lowest BCUT2D eigenvalue weighted by molar-refractivity contribution is -0.137. The summed E-state index contributed by atoms with van der Waals surface area (Å²) in [4.78, 5) is 10.8. The van der Waals surface area contributed by atoms with E-state index in [1.165, 1.54) is 13.3 Å². The molecule has 0 heterocycles. The van der Waals surface area contributed by atoms with Crippen molar-refractivity contribution >= 4 is 5.97 Å². The van der Waals surface area contributed by atoms with Crippen LogP contribution in [0.1, 0.15) is 59.3 Å². The van der Waals surface area contributed by atoms with Crippen LogP contribution >= 0.6 is 0 Å². The van der Waals surface area contributed by atoms with Crippen LogP contribution in [0.2, 0.25) is 0 Å². The van der Waals surface area contributed by atoms with Crippen LogP contribution in [-0.4, -0.2) is 5.97 Å². The molecule has 0 aliphatic heterocycles. The Labute approximate surface area is 87.3 Å². The van der Waals surface area contributed by atoms with E-state index in [9.17, 15) is 4.79 Å². The van der Waals surface area contributed by atoms with Gasteiger partial charge in [0, 0.05) is 13.3 Å². The summed E-state index contributed by atoms with van der Waals surface area (Å²) in [6.07, 6.45) is 8.52. The van der Waals surface area contributed by atoms with Crippen molar-refractivity contribution in [2.75, 3.05) is 0 Å². The van der Waals surface area contributed by atoms with E-state index in [0.29, 0.717) is 0 Å². The maximum absolute atomic E-state index is 10.8. The van der Waals surface area contributed by atoms with Crippen molar-refractivity contribution in [3.63, 3.8) is 0 Å². The van der Waals surface area contributed by atoms with Crippen molar-refractivity contribution in [3.05, 3.63) is 11.8 Å². The third kappa shape index (κ3) is 7.84. The standard InChI is InChI=1S/C12H22O2/c1-4-6-8-10-12(9-7-5-2)14-11(3)13/h10H,4-9H2,1-3H3/b12-10-. The summed E-state index contributed by atoms with van der Waals surface area (Å²) in [5.41, 5.74) is 0. The SMILES string of the molecule is CCCC/C=C(/CCCC)OC(C)=O. The molecule has 14 heavy (non-hydrogen) atoms. The summed E-state index contributed by atoms with van der Waals surface area (Å²) in [5, 5.41) is 0. The molecule has 0 saturated carbocycles. The van der Waals surface area contributed by atoms with Gasteiger partial charge in [-0.05, 0) is 25.3 Å². The first kappa shape index (κ1) is 13.2. The topological polar surface area (TPSA) is 26.3 Å². The van der Waals surface area contributed by atoms with Crippen LogP contribution in [0.5, 0.6) is 0 Å². The van der Waals surface area contributed by atoms with Crippen molar-refractivity contribution < 1.29 is 9.53 Å². The Hall–Kier alpha value is -0.790. The molecule has 0 radical (unpaired) electrons. The van der Waals surface area contributed by atoms with Crippen molar-refractivity contribution in [2.24, 2.45) is 0 Å². The van der Waals surface area contributed by atoms with Crippen LogP contribution in [0, 0.1) is 0 Å². The van der Waals surface area contributed by atoms with E-state index in [1.807, 2.05) is 0 Å². The molecule has 0 bridgehead atoms. The predicted octanol–water partition coefficient (Wildman–Crippen LogP) is 3.81. The summed E-state index contributed by atoms with van der Waals surface area (Å²) < 4.78 is 5.12. The third-order valence-corrected chi connectivity index (χ3v) is 1.98. The molecular weight excluding hydrogens is 176 g/mol. The number of rotatable bonds is 7. The molecule has 0 N–H and O–H groups in total. The summed E-state index contributed by atoms with van der Waals surface area (Å²) in [6, 6.07) is 0. The molecule has 2 heteroatoms. The van der Waals surface area contributed by atoms with E-state index in [-0.39, 0.29) is 5.97 Å². The minimum atomic E-state index is -0.205. The highest BCUT2D eigenvalue weighted by atomic mass is 16.5. The van der Waals surface area contributed by atoms with Gasteiger partial charge in [-0.2, -0.15) is 0 Å². The van der Waals surface area contributed by atoms with Gasteiger partial charge in [-0.3, -0.25) is 4.79 Å². The smallest absolute Gasteiger partial charge is 0.307 e. The van der Waals surface area contributed by atoms with Crippen molar-refractivity contribution in [3.8, 4) is 0 Å². The highest BCUT2D eigenvalue weighted by Gasteiger charge is 2.00. The molecule has 2 nitrogen and oxygen atoms in total. The van der Waals surface area contributed by atoms with Gasteiger partial charge in [0.2, 0.25) is 0 Å². The fraction of sp³-hybridized carbons (Fsp3) is 0.750. The van der Waals surface area contributed by atoms with Gasteiger partial charge in [-0.15, -0.1) is 0 Å². The molecule has 0 unspecified atom stereocenters. The highest BCUT2D eigenvalue weighted by molar-refractivity contribution is 5.67. The second kappa shape index (κ2) is 8.79. The average molecular weight is 198 g/mol. The fourth-order valence-electron chi connectivity index (χ4n) is 1.20. The first-order valence-electron chi connectivity index (χ1n) is 5.58. The Kier molecular flexibility index (Phi) is 8.30. The first-order chi connectivity index (χ1) is 6.70. The van der Waals surface area contributed by atoms with E-state index < -0.39 is 0 Å². The van der Waals surface area contributed by atoms with Gasteiger partial charge < -0.3 is 4.74 Å². The minimum Gasteiger partial charge on any atom is -0.432 e. The molecule has 0 saturated heterocycles. The van der Waals surface area contributed by atoms with Crippen LogP contribution < -0.4 is 0 Å². The molecule has 0 aliphatic rings. The molecule has 0 aliphatic carbocycles. The van der Waals surface area contributed by atoms with E-state index >= 15 is 0 Å². The average Bonchev–Trinajstić information content (AvgIpc) is 2.13. The number of allylic oxidation sites excluding steroid dienone is 2. The summed E-state index contributed by atoms with van der Waals surface area (Å²) in [5.74, 6) is 0.650. The van der Waals surface area contributed by atoms with Gasteiger partial charge in [0.1, 0.15) is 5.76 Å². The quantitative estimate of drug-likeness (QED) is 0.353. The largest absolute Gasteiger partial charge is 0.432 e. The van der Waals surface area contributed by atoms with E-state index in [1.54, 1.807) is 0 Å². The maximum Gasteiger partial charge on any atom is 0.307 e. The number of carbonyl (C=O) groups excluding carboxylic acids is 1. The Morgan fingerprint density at radius 1 is 1.21 bits per heavy atom. The van der Waals surface area contributed by atoms with Gasteiger partial charge in [0.25, 0.3) is 0 Å². The summed E-state index contributed by atoms with van der Waals surface area (Å²) in [7, 11) is 0. The lowest BCUT2D eigenvalue weighted by Crippen LogP contribution is -1.99. The van der Waals surface area contributed by atoms with Gasteiger partial charge >= 0.3 is 5.97 Å². The van der Waals surface area contributed by atoms with Crippen LogP contribution in [0.25, 0.3) is 0 Å². The first-order valence-corrected chi connectivity index (χ1v) is 5.58. The molecule has 0 spiro atoms. The Balaban J connectivity index is 3.94. The normalized spacial score (nSPS) is 11.5. The number of unbranched alkanes of at least 4 members (excludes halogenated alkanes) is 3. The molecule has 0 aromatic heterocycles. The number of esters is 1. The van der Waals surface area contributed by atoms with Gasteiger partial charge in [-0.1, -0.05) is 26.7 Å². The van der Waals surface area contributed by atoms with Crippen molar-refractivity contribution in [1.82, 2.24) is 0 Å². The Bertz CT molecular complexity index is 183. The summed E-state index contributed by atoms with van der Waals surface area (Å²) >= 11 is 0. The molecule has 0 atom stereocenters. The Morgan fingerprint density at radius 3 is 2.36 bits per heavy atom. The lowest BCUT2D eigenvalue weighted by Gasteiger charge is -2.06. The number of hydrogen-bond donors (Lipinski definition) is 0. The molecule has 0 amide bonds. The third-order valence-electron chi connectivity index (χ3n) is 1.98. The second-order valence-corrected chi connectivity index (χ2v) is 3.51. The zero-order chi connectivity index (χ0) is 10.8. The maximum atomic E-state index is 10.8.